The van der Waals surface area contributed by atoms with Gasteiger partial charge in [0.1, 0.15) is 10.3 Å². The number of nitrogens with zero attached hydrogens (tertiary/aromatic N) is 2. The largest absolute Gasteiger partial charge is 0.301 e. The fourth-order valence-electron chi connectivity index (χ4n) is 0.781. The molecule has 0 aliphatic carbocycles. The van der Waals surface area contributed by atoms with Crippen molar-refractivity contribution in [3.05, 3.63) is 10.3 Å². The van der Waals surface area contributed by atoms with E-state index < -0.39 is 0 Å². The van der Waals surface area contributed by atoms with E-state index in [0.29, 0.717) is 4.64 Å². The van der Waals surface area contributed by atoms with Gasteiger partial charge in [0.05, 0.1) is 6.04 Å². The van der Waals surface area contributed by atoms with Crippen molar-refractivity contribution in [2.45, 2.75) is 13.0 Å². The van der Waals surface area contributed by atoms with Crippen LogP contribution in [0.25, 0.3) is 0 Å². The van der Waals surface area contributed by atoms with Crippen LogP contribution in [0.4, 0.5) is 0 Å². The Morgan fingerprint density at radius 1 is 1.55 bits per heavy atom. The van der Waals surface area contributed by atoms with Crippen molar-refractivity contribution in [2.24, 2.45) is 0 Å². The molecule has 0 aliphatic rings. The van der Waals surface area contributed by atoms with E-state index >= 15 is 0 Å². The summed E-state index contributed by atoms with van der Waals surface area (Å²) in [6.07, 6.45) is 0. The summed E-state index contributed by atoms with van der Waals surface area (Å²) in [4.78, 5) is 2.06. The maximum absolute atomic E-state index is 5.00. The summed E-state index contributed by atoms with van der Waals surface area (Å²) >= 11 is 5.00. The SMILES string of the molecule is CC(c1n[nH][nH]c1=S)N(C)C. The van der Waals surface area contributed by atoms with Crippen LogP contribution >= 0.6 is 12.2 Å². The smallest absolute Gasteiger partial charge is 0.144 e. The Morgan fingerprint density at radius 3 is 2.55 bits per heavy atom. The lowest BCUT2D eigenvalue weighted by molar-refractivity contribution is 0.314. The Labute approximate surface area is 70.6 Å². The van der Waals surface area contributed by atoms with E-state index in [2.05, 4.69) is 27.2 Å². The first kappa shape index (κ1) is 8.42. The molecule has 62 valence electrons. The zero-order valence-corrected chi connectivity index (χ0v) is 7.70. The second-order valence-corrected chi connectivity index (χ2v) is 3.11. The molecule has 2 N–H and O–H groups in total. The van der Waals surface area contributed by atoms with E-state index in [4.69, 9.17) is 12.2 Å². The van der Waals surface area contributed by atoms with Gasteiger partial charge in [-0.3, -0.25) is 5.10 Å². The van der Waals surface area contributed by atoms with Crippen LogP contribution in [0.2, 0.25) is 0 Å². The third-order valence-corrected chi connectivity index (χ3v) is 2.06. The molecule has 1 atom stereocenters. The standard InChI is InChI=1S/C6H12N4S/c1-4(10(2)3)5-6(11)8-9-7-5/h4H,1-3H3,(H2,7,8,9,11). The number of aromatic nitrogens is 3. The highest BCUT2D eigenvalue weighted by atomic mass is 32.1. The number of hydrogen-bond acceptors (Lipinski definition) is 3. The molecule has 0 aliphatic heterocycles. The minimum Gasteiger partial charge on any atom is -0.301 e. The molecule has 0 amide bonds. The number of hydrogen-bond donors (Lipinski definition) is 2. The third-order valence-electron chi connectivity index (χ3n) is 1.75. The van der Waals surface area contributed by atoms with Crippen LogP contribution in [0.15, 0.2) is 0 Å². The molecule has 5 heteroatoms. The maximum Gasteiger partial charge on any atom is 0.144 e. The first-order valence-electron chi connectivity index (χ1n) is 3.42. The zero-order valence-electron chi connectivity index (χ0n) is 6.88. The lowest BCUT2D eigenvalue weighted by atomic mass is 10.2. The van der Waals surface area contributed by atoms with E-state index in [-0.39, 0.29) is 6.04 Å². The molecule has 0 spiro atoms. The molecule has 1 aromatic heterocycles. The summed E-state index contributed by atoms with van der Waals surface area (Å²) in [6, 6.07) is 0.255. The highest BCUT2D eigenvalue weighted by Crippen LogP contribution is 2.13. The average molecular weight is 172 g/mol. The number of rotatable bonds is 2. The van der Waals surface area contributed by atoms with Gasteiger partial charge in [-0.1, -0.05) is 12.2 Å². The van der Waals surface area contributed by atoms with E-state index in [1.807, 2.05) is 14.1 Å². The first-order chi connectivity index (χ1) is 5.13. The van der Waals surface area contributed by atoms with Crippen LogP contribution in [-0.4, -0.2) is 34.4 Å². The van der Waals surface area contributed by atoms with Crippen LogP contribution in [0, 0.1) is 4.64 Å². The predicted octanol–water partition coefficient (Wildman–Crippen LogP) is 1.09. The molecule has 0 radical (unpaired) electrons. The topological polar surface area (TPSA) is 47.7 Å². The van der Waals surface area contributed by atoms with Crippen molar-refractivity contribution in [3.63, 3.8) is 0 Å². The molecule has 0 bridgehead atoms. The summed E-state index contributed by atoms with van der Waals surface area (Å²) in [5.74, 6) is 0. The van der Waals surface area contributed by atoms with Crippen LogP contribution in [-0.2, 0) is 0 Å². The van der Waals surface area contributed by atoms with Crippen molar-refractivity contribution in [2.75, 3.05) is 14.1 Å². The van der Waals surface area contributed by atoms with Crippen LogP contribution < -0.4 is 0 Å². The average Bonchev–Trinajstić information content (AvgIpc) is 2.33. The van der Waals surface area contributed by atoms with E-state index in [9.17, 15) is 0 Å². The minimum atomic E-state index is 0.255. The highest BCUT2D eigenvalue weighted by Gasteiger charge is 2.11. The highest BCUT2D eigenvalue weighted by molar-refractivity contribution is 7.71. The third kappa shape index (κ3) is 1.66. The second kappa shape index (κ2) is 3.15. The Kier molecular flexibility index (Phi) is 2.41. The van der Waals surface area contributed by atoms with Gasteiger partial charge in [0, 0.05) is 0 Å². The van der Waals surface area contributed by atoms with Crippen molar-refractivity contribution in [1.82, 2.24) is 20.3 Å². The monoisotopic (exact) mass is 172 g/mol. The Hall–Kier alpha value is -0.680. The normalized spacial score (nSPS) is 13.8. The molecule has 0 saturated heterocycles. The minimum absolute atomic E-state index is 0.255. The summed E-state index contributed by atoms with van der Waals surface area (Å²) in [6.45, 7) is 2.06. The van der Waals surface area contributed by atoms with Gasteiger partial charge in [0.25, 0.3) is 0 Å². The number of H-pyrrole nitrogens is 2. The van der Waals surface area contributed by atoms with Crippen molar-refractivity contribution < 1.29 is 0 Å². The molecular weight excluding hydrogens is 160 g/mol. The lowest BCUT2D eigenvalue weighted by Gasteiger charge is -2.16. The molecular formula is C6H12N4S. The lowest BCUT2D eigenvalue weighted by Crippen LogP contribution is -2.17. The van der Waals surface area contributed by atoms with Crippen molar-refractivity contribution in [1.29, 1.82) is 0 Å². The van der Waals surface area contributed by atoms with Crippen LogP contribution in [0.3, 0.4) is 0 Å². The second-order valence-electron chi connectivity index (χ2n) is 2.70. The molecule has 1 rings (SSSR count). The van der Waals surface area contributed by atoms with Gasteiger partial charge in [-0.05, 0) is 21.0 Å². The fraction of sp³-hybridized carbons (Fsp3) is 0.667. The summed E-state index contributed by atoms with van der Waals surface area (Å²) < 4.78 is 0.686. The molecule has 1 aromatic rings. The van der Waals surface area contributed by atoms with Gasteiger partial charge >= 0.3 is 0 Å². The van der Waals surface area contributed by atoms with Crippen molar-refractivity contribution >= 4 is 12.2 Å². The Morgan fingerprint density at radius 2 is 2.18 bits per heavy atom. The van der Waals surface area contributed by atoms with Crippen LogP contribution in [0.1, 0.15) is 18.7 Å². The molecule has 11 heavy (non-hydrogen) atoms. The molecule has 4 nitrogen and oxygen atoms in total. The molecule has 0 saturated carbocycles. The molecule has 1 unspecified atom stereocenters. The van der Waals surface area contributed by atoms with Crippen molar-refractivity contribution in [3.8, 4) is 0 Å². The van der Waals surface area contributed by atoms with Gasteiger partial charge in [-0.15, -0.1) is 0 Å². The molecule has 0 fully saturated rings. The summed E-state index contributed by atoms with van der Waals surface area (Å²) in [7, 11) is 3.99. The van der Waals surface area contributed by atoms with E-state index in [1.165, 1.54) is 0 Å². The number of aromatic amines is 2. The van der Waals surface area contributed by atoms with Gasteiger partial charge in [0.2, 0.25) is 0 Å². The van der Waals surface area contributed by atoms with E-state index in [0.717, 1.165) is 5.69 Å². The quantitative estimate of drug-likeness (QED) is 0.656. The van der Waals surface area contributed by atoms with Gasteiger partial charge in [0.15, 0.2) is 0 Å². The molecule has 1 heterocycles. The van der Waals surface area contributed by atoms with Gasteiger partial charge < -0.3 is 4.90 Å². The van der Waals surface area contributed by atoms with E-state index in [1.54, 1.807) is 0 Å². The summed E-state index contributed by atoms with van der Waals surface area (Å²) in [5, 5.41) is 9.39. The first-order valence-corrected chi connectivity index (χ1v) is 3.83. The van der Waals surface area contributed by atoms with Gasteiger partial charge in [-0.25, -0.2) is 5.21 Å². The zero-order chi connectivity index (χ0) is 8.43. The predicted molar refractivity (Wildman–Crippen MR) is 45.9 cm³/mol. The Bertz CT molecular complexity index is 274. The van der Waals surface area contributed by atoms with Gasteiger partial charge in [-0.2, -0.15) is 5.10 Å². The number of nitrogens with one attached hydrogen (secondary N) is 2. The maximum atomic E-state index is 5.00. The molecule has 0 aromatic carbocycles. The summed E-state index contributed by atoms with van der Waals surface area (Å²) in [5.41, 5.74) is 0.894. The van der Waals surface area contributed by atoms with Crippen LogP contribution in [0.5, 0.6) is 0 Å². The Balaban J connectivity index is 2.93. The fourth-order valence-corrected chi connectivity index (χ4v) is 1.04.